The zero-order chi connectivity index (χ0) is 15.1. The number of nitrogens with zero attached hydrogens (tertiary/aromatic N) is 2. The monoisotopic (exact) mass is 291 g/mol. The Balaban J connectivity index is 1.82. The third-order valence-electron chi connectivity index (χ3n) is 4.14. The van der Waals surface area contributed by atoms with E-state index in [4.69, 9.17) is 5.73 Å². The highest BCUT2D eigenvalue weighted by molar-refractivity contribution is 5.79. The van der Waals surface area contributed by atoms with Crippen molar-refractivity contribution in [2.75, 3.05) is 25.1 Å². The normalized spacial score (nSPS) is 21.5. The van der Waals surface area contributed by atoms with Crippen LogP contribution in [0.5, 0.6) is 0 Å². The zero-order valence-electron chi connectivity index (χ0n) is 12.6. The number of hydrogen-bond donors (Lipinski definition) is 3. The van der Waals surface area contributed by atoms with Crippen LogP contribution in [0.1, 0.15) is 26.2 Å². The largest absolute Gasteiger partial charge is 0.330 e. The molecule has 2 rings (SSSR count). The first-order valence-corrected chi connectivity index (χ1v) is 7.64. The summed E-state index contributed by atoms with van der Waals surface area (Å²) in [6.07, 6.45) is 5.19. The lowest BCUT2D eigenvalue weighted by atomic mass is 10.0. The molecule has 2 atom stereocenters. The number of nitrogens with two attached hydrogens (primary N) is 1. The van der Waals surface area contributed by atoms with Gasteiger partial charge in [-0.2, -0.15) is 0 Å². The molecular weight excluding hydrogens is 266 g/mol. The van der Waals surface area contributed by atoms with Crippen LogP contribution >= 0.6 is 0 Å². The molecular formula is C15H25N5O. The van der Waals surface area contributed by atoms with Crippen LogP contribution in [0.2, 0.25) is 0 Å². The van der Waals surface area contributed by atoms with Crippen LogP contribution in [-0.4, -0.2) is 41.5 Å². The first-order valence-electron chi connectivity index (χ1n) is 7.64. The van der Waals surface area contributed by atoms with Crippen molar-refractivity contribution in [3.8, 4) is 0 Å². The number of pyridine rings is 1. The highest BCUT2D eigenvalue weighted by Gasteiger charge is 2.31. The summed E-state index contributed by atoms with van der Waals surface area (Å²) in [5.41, 5.74) is 11.4. The predicted octanol–water partition coefficient (Wildman–Crippen LogP) is 0.974. The van der Waals surface area contributed by atoms with Gasteiger partial charge in [0.25, 0.3) is 5.91 Å². The topological polar surface area (TPSA) is 83.3 Å². The van der Waals surface area contributed by atoms with E-state index in [0.717, 1.165) is 13.0 Å². The molecule has 0 saturated heterocycles. The predicted molar refractivity (Wildman–Crippen MR) is 83.4 cm³/mol. The number of anilines is 1. The van der Waals surface area contributed by atoms with Gasteiger partial charge < -0.3 is 5.73 Å². The Morgan fingerprint density at radius 1 is 1.48 bits per heavy atom. The summed E-state index contributed by atoms with van der Waals surface area (Å²) in [6, 6.07) is 5.93. The van der Waals surface area contributed by atoms with Crippen LogP contribution < -0.4 is 16.6 Å². The molecule has 0 spiro atoms. The van der Waals surface area contributed by atoms with Gasteiger partial charge in [0.05, 0.1) is 6.54 Å². The van der Waals surface area contributed by atoms with E-state index in [9.17, 15) is 4.79 Å². The van der Waals surface area contributed by atoms with Crippen molar-refractivity contribution in [2.45, 2.75) is 32.2 Å². The second kappa shape index (κ2) is 7.95. The van der Waals surface area contributed by atoms with Crippen molar-refractivity contribution < 1.29 is 4.79 Å². The number of amides is 1. The van der Waals surface area contributed by atoms with Crippen LogP contribution in [0.25, 0.3) is 0 Å². The van der Waals surface area contributed by atoms with Gasteiger partial charge in [0.2, 0.25) is 0 Å². The molecule has 1 aliphatic carbocycles. The van der Waals surface area contributed by atoms with Gasteiger partial charge in [-0.1, -0.05) is 19.4 Å². The van der Waals surface area contributed by atoms with E-state index in [2.05, 4.69) is 27.7 Å². The molecule has 1 aromatic heterocycles. The Bertz CT molecular complexity index is 439. The van der Waals surface area contributed by atoms with E-state index in [1.54, 1.807) is 12.3 Å². The molecule has 116 valence electrons. The van der Waals surface area contributed by atoms with Gasteiger partial charge in [-0.15, -0.1) is 0 Å². The summed E-state index contributed by atoms with van der Waals surface area (Å²) in [5, 5.41) is 0. The Labute approximate surface area is 126 Å². The maximum atomic E-state index is 12.1. The number of aromatic nitrogens is 1. The third-order valence-corrected chi connectivity index (χ3v) is 4.14. The lowest BCUT2D eigenvalue weighted by Crippen LogP contribution is -2.46. The minimum atomic E-state index is -0.0508. The first kappa shape index (κ1) is 15.7. The summed E-state index contributed by atoms with van der Waals surface area (Å²) in [7, 11) is 0. The Morgan fingerprint density at radius 2 is 2.33 bits per heavy atom. The van der Waals surface area contributed by atoms with E-state index >= 15 is 0 Å². The number of hydrogen-bond acceptors (Lipinski definition) is 5. The van der Waals surface area contributed by atoms with Crippen LogP contribution in [-0.2, 0) is 4.79 Å². The molecule has 1 heterocycles. The molecule has 1 fully saturated rings. The summed E-state index contributed by atoms with van der Waals surface area (Å²) in [5.74, 6) is 1.10. The van der Waals surface area contributed by atoms with Crippen LogP contribution in [0.3, 0.4) is 0 Å². The standard InChI is InChI=1S/C15H25N5O/c1-2-20(13-7-5-6-12(13)10-16)11-15(21)19-18-14-8-3-4-9-17-14/h3-4,8-9,12-13H,2,5-7,10-11,16H2,1H3,(H,17,18)(H,19,21). The van der Waals surface area contributed by atoms with Crippen LogP contribution in [0, 0.1) is 5.92 Å². The molecule has 1 aromatic rings. The molecule has 1 amide bonds. The first-order chi connectivity index (χ1) is 10.2. The van der Waals surface area contributed by atoms with Gasteiger partial charge >= 0.3 is 0 Å². The smallest absolute Gasteiger partial charge is 0.252 e. The highest BCUT2D eigenvalue weighted by Crippen LogP contribution is 2.28. The average molecular weight is 291 g/mol. The Hall–Kier alpha value is -1.66. The SMILES string of the molecule is CCN(CC(=O)NNc1ccccn1)C1CCCC1CN. The second-order valence-electron chi connectivity index (χ2n) is 5.45. The molecule has 6 nitrogen and oxygen atoms in total. The minimum absolute atomic E-state index is 0.0508. The summed E-state index contributed by atoms with van der Waals surface area (Å²) < 4.78 is 0. The van der Waals surface area contributed by atoms with Crippen LogP contribution in [0.4, 0.5) is 5.82 Å². The number of carbonyl (C=O) groups is 1. The van der Waals surface area contributed by atoms with Crippen molar-refractivity contribution in [2.24, 2.45) is 11.7 Å². The van der Waals surface area contributed by atoms with E-state index in [1.807, 2.05) is 12.1 Å². The quantitative estimate of drug-likeness (QED) is 0.652. The number of likely N-dealkylation sites (N-methyl/N-ethyl adjacent to an activating group) is 1. The van der Waals surface area contributed by atoms with Crippen LogP contribution in [0.15, 0.2) is 24.4 Å². The molecule has 0 bridgehead atoms. The van der Waals surface area contributed by atoms with E-state index in [0.29, 0.717) is 30.9 Å². The fourth-order valence-corrected chi connectivity index (χ4v) is 3.03. The number of nitrogens with one attached hydrogen (secondary N) is 2. The van der Waals surface area contributed by atoms with E-state index in [-0.39, 0.29) is 5.91 Å². The fraction of sp³-hybridized carbons (Fsp3) is 0.600. The van der Waals surface area contributed by atoms with Gasteiger partial charge in [-0.3, -0.25) is 20.5 Å². The average Bonchev–Trinajstić information content (AvgIpc) is 3.00. The lowest BCUT2D eigenvalue weighted by molar-refractivity contribution is -0.122. The highest BCUT2D eigenvalue weighted by atomic mass is 16.2. The van der Waals surface area contributed by atoms with Crippen molar-refractivity contribution in [1.82, 2.24) is 15.3 Å². The molecule has 0 aliphatic heterocycles. The summed E-state index contributed by atoms with van der Waals surface area (Å²) >= 11 is 0. The molecule has 2 unspecified atom stereocenters. The molecule has 1 aliphatic rings. The summed E-state index contributed by atoms with van der Waals surface area (Å²) in [4.78, 5) is 18.4. The molecule has 0 radical (unpaired) electrons. The molecule has 0 aromatic carbocycles. The zero-order valence-corrected chi connectivity index (χ0v) is 12.6. The van der Waals surface area contributed by atoms with Gasteiger partial charge in [-0.05, 0) is 44.0 Å². The number of hydrazine groups is 1. The molecule has 21 heavy (non-hydrogen) atoms. The van der Waals surface area contributed by atoms with Crippen molar-refractivity contribution in [1.29, 1.82) is 0 Å². The molecule has 1 saturated carbocycles. The van der Waals surface area contributed by atoms with E-state index < -0.39 is 0 Å². The number of rotatable bonds is 7. The van der Waals surface area contributed by atoms with Gasteiger partial charge in [0.15, 0.2) is 0 Å². The lowest BCUT2D eigenvalue weighted by Gasteiger charge is -2.31. The van der Waals surface area contributed by atoms with Gasteiger partial charge in [0, 0.05) is 12.2 Å². The minimum Gasteiger partial charge on any atom is -0.330 e. The third kappa shape index (κ3) is 4.41. The number of carbonyl (C=O) groups excluding carboxylic acids is 1. The van der Waals surface area contributed by atoms with Gasteiger partial charge in [0.1, 0.15) is 5.82 Å². The molecule has 4 N–H and O–H groups in total. The Kier molecular flexibility index (Phi) is 5.95. The van der Waals surface area contributed by atoms with Gasteiger partial charge in [-0.25, -0.2) is 4.98 Å². The molecule has 6 heteroatoms. The van der Waals surface area contributed by atoms with E-state index in [1.165, 1.54) is 12.8 Å². The fourth-order valence-electron chi connectivity index (χ4n) is 3.03. The summed E-state index contributed by atoms with van der Waals surface area (Å²) in [6.45, 7) is 4.04. The maximum absolute atomic E-state index is 12.1. The van der Waals surface area contributed by atoms with Crippen molar-refractivity contribution in [3.63, 3.8) is 0 Å². The van der Waals surface area contributed by atoms with Crippen molar-refractivity contribution >= 4 is 11.7 Å². The Morgan fingerprint density at radius 3 is 3.00 bits per heavy atom. The van der Waals surface area contributed by atoms with Crippen molar-refractivity contribution in [3.05, 3.63) is 24.4 Å². The maximum Gasteiger partial charge on any atom is 0.252 e. The second-order valence-corrected chi connectivity index (χ2v) is 5.45.